The first-order valence-electron chi connectivity index (χ1n) is 9.73. The zero-order valence-electron chi connectivity index (χ0n) is 17.2. The summed E-state index contributed by atoms with van der Waals surface area (Å²) in [7, 11) is 1.66. The second-order valence-electron chi connectivity index (χ2n) is 8.09. The minimum atomic E-state index is 0.115. The molecule has 1 aromatic heterocycles. The lowest BCUT2D eigenvalue weighted by molar-refractivity contribution is 0.415. The maximum absolute atomic E-state index is 5.25. The van der Waals surface area contributed by atoms with Crippen molar-refractivity contribution < 1.29 is 4.74 Å². The van der Waals surface area contributed by atoms with E-state index in [4.69, 9.17) is 14.7 Å². The molecule has 1 heterocycles. The van der Waals surface area contributed by atoms with E-state index in [1.807, 2.05) is 48.5 Å². The predicted octanol–water partition coefficient (Wildman–Crippen LogP) is 6.35. The minimum Gasteiger partial charge on any atom is -0.497 e. The van der Waals surface area contributed by atoms with Gasteiger partial charge in [0.2, 0.25) is 0 Å². The van der Waals surface area contributed by atoms with Gasteiger partial charge in [0.1, 0.15) is 11.6 Å². The number of methoxy groups -OCH3 is 1. The van der Waals surface area contributed by atoms with Gasteiger partial charge in [-0.2, -0.15) is 0 Å². The molecule has 0 radical (unpaired) electrons. The van der Waals surface area contributed by atoms with Crippen molar-refractivity contribution in [1.29, 1.82) is 0 Å². The normalized spacial score (nSPS) is 11.4. The standard InChI is InChI=1S/C25H25N3O/c1-25(2,3)18-11-9-17(10-12-18)23-27-22-8-6-5-7-21(22)24(28-23)26-19-13-15-20(29-4)16-14-19/h5-16H,1-4H3,(H,26,27,28). The fraction of sp³-hybridized carbons (Fsp3) is 0.200. The highest BCUT2D eigenvalue weighted by atomic mass is 16.5. The Morgan fingerprint density at radius 1 is 0.793 bits per heavy atom. The molecule has 0 saturated carbocycles. The molecule has 0 bridgehead atoms. The van der Waals surface area contributed by atoms with Crippen molar-refractivity contribution in [2.24, 2.45) is 0 Å². The number of anilines is 2. The number of para-hydroxylation sites is 1. The molecule has 146 valence electrons. The van der Waals surface area contributed by atoms with Gasteiger partial charge in [0, 0.05) is 16.6 Å². The van der Waals surface area contributed by atoms with E-state index >= 15 is 0 Å². The highest BCUT2D eigenvalue weighted by molar-refractivity contribution is 5.92. The monoisotopic (exact) mass is 383 g/mol. The molecule has 0 saturated heterocycles. The van der Waals surface area contributed by atoms with E-state index in [0.717, 1.165) is 33.7 Å². The quantitative estimate of drug-likeness (QED) is 0.446. The van der Waals surface area contributed by atoms with Crippen LogP contribution in [-0.4, -0.2) is 17.1 Å². The zero-order chi connectivity index (χ0) is 20.4. The Labute approximate surface area is 171 Å². The fourth-order valence-corrected chi connectivity index (χ4v) is 3.23. The average Bonchev–Trinajstić information content (AvgIpc) is 2.74. The predicted molar refractivity (Wildman–Crippen MR) is 120 cm³/mol. The number of ether oxygens (including phenoxy) is 1. The summed E-state index contributed by atoms with van der Waals surface area (Å²) in [6.45, 7) is 6.64. The number of nitrogens with one attached hydrogen (secondary N) is 1. The van der Waals surface area contributed by atoms with E-state index in [0.29, 0.717) is 5.82 Å². The van der Waals surface area contributed by atoms with Gasteiger partial charge in [-0.1, -0.05) is 57.2 Å². The largest absolute Gasteiger partial charge is 0.497 e. The van der Waals surface area contributed by atoms with Crippen LogP contribution in [0, 0.1) is 0 Å². The number of nitrogens with zero attached hydrogens (tertiary/aromatic N) is 2. The summed E-state index contributed by atoms with van der Waals surface area (Å²) in [6, 6.07) is 24.4. The molecule has 0 fully saturated rings. The van der Waals surface area contributed by atoms with E-state index in [1.54, 1.807) is 7.11 Å². The van der Waals surface area contributed by atoms with Crippen molar-refractivity contribution in [3.05, 3.63) is 78.4 Å². The Bertz CT molecular complexity index is 1130. The molecule has 1 N–H and O–H groups in total. The van der Waals surface area contributed by atoms with Crippen LogP contribution in [0.5, 0.6) is 5.75 Å². The van der Waals surface area contributed by atoms with Gasteiger partial charge < -0.3 is 10.1 Å². The maximum Gasteiger partial charge on any atom is 0.162 e. The van der Waals surface area contributed by atoms with Crippen molar-refractivity contribution in [3.8, 4) is 17.1 Å². The number of benzene rings is 3. The van der Waals surface area contributed by atoms with Crippen molar-refractivity contribution in [3.63, 3.8) is 0 Å². The van der Waals surface area contributed by atoms with Gasteiger partial charge in [0.25, 0.3) is 0 Å². The fourth-order valence-electron chi connectivity index (χ4n) is 3.23. The van der Waals surface area contributed by atoms with Crippen LogP contribution in [0.1, 0.15) is 26.3 Å². The second-order valence-corrected chi connectivity index (χ2v) is 8.09. The number of hydrogen-bond acceptors (Lipinski definition) is 4. The summed E-state index contributed by atoms with van der Waals surface area (Å²) in [6.07, 6.45) is 0. The van der Waals surface area contributed by atoms with E-state index in [1.165, 1.54) is 5.56 Å². The summed E-state index contributed by atoms with van der Waals surface area (Å²) in [5, 5.41) is 4.42. The van der Waals surface area contributed by atoms with Crippen LogP contribution >= 0.6 is 0 Å². The van der Waals surface area contributed by atoms with Gasteiger partial charge in [-0.05, 0) is 47.4 Å². The Hall–Kier alpha value is -3.40. The highest BCUT2D eigenvalue weighted by Crippen LogP contribution is 2.29. The third-order valence-corrected chi connectivity index (χ3v) is 4.97. The van der Waals surface area contributed by atoms with E-state index in [2.05, 4.69) is 50.4 Å². The van der Waals surface area contributed by atoms with Crippen molar-refractivity contribution in [2.75, 3.05) is 12.4 Å². The van der Waals surface area contributed by atoms with Gasteiger partial charge in [-0.3, -0.25) is 0 Å². The van der Waals surface area contributed by atoms with Gasteiger partial charge in [0.15, 0.2) is 5.82 Å². The zero-order valence-corrected chi connectivity index (χ0v) is 17.2. The average molecular weight is 383 g/mol. The lowest BCUT2D eigenvalue weighted by Crippen LogP contribution is -2.10. The lowest BCUT2D eigenvalue weighted by atomic mass is 9.87. The van der Waals surface area contributed by atoms with Crippen LogP contribution in [-0.2, 0) is 5.41 Å². The number of rotatable bonds is 4. The lowest BCUT2D eigenvalue weighted by Gasteiger charge is -2.19. The highest BCUT2D eigenvalue weighted by Gasteiger charge is 2.14. The number of fused-ring (bicyclic) bond motifs is 1. The smallest absolute Gasteiger partial charge is 0.162 e. The van der Waals surface area contributed by atoms with Gasteiger partial charge >= 0.3 is 0 Å². The molecule has 0 aliphatic rings. The molecule has 0 amide bonds. The topological polar surface area (TPSA) is 47.0 Å². The summed E-state index contributed by atoms with van der Waals surface area (Å²) >= 11 is 0. The first-order valence-corrected chi connectivity index (χ1v) is 9.73. The number of aromatic nitrogens is 2. The van der Waals surface area contributed by atoms with Crippen LogP contribution < -0.4 is 10.1 Å². The molecule has 4 aromatic rings. The molecule has 4 nitrogen and oxygen atoms in total. The molecule has 0 aliphatic heterocycles. The molecule has 0 atom stereocenters. The van der Waals surface area contributed by atoms with Crippen LogP contribution in [0.25, 0.3) is 22.3 Å². The maximum atomic E-state index is 5.25. The van der Waals surface area contributed by atoms with E-state index in [-0.39, 0.29) is 5.41 Å². The van der Waals surface area contributed by atoms with Gasteiger partial charge in [-0.15, -0.1) is 0 Å². The Morgan fingerprint density at radius 3 is 2.14 bits per heavy atom. The first kappa shape index (κ1) is 18.9. The third-order valence-electron chi connectivity index (χ3n) is 4.97. The van der Waals surface area contributed by atoms with Crippen LogP contribution in [0.15, 0.2) is 72.8 Å². The molecule has 29 heavy (non-hydrogen) atoms. The SMILES string of the molecule is COc1ccc(Nc2nc(-c3ccc(C(C)(C)C)cc3)nc3ccccc23)cc1. The summed E-state index contributed by atoms with van der Waals surface area (Å²) in [5.41, 5.74) is 4.27. The Kier molecular flexibility index (Phi) is 4.93. The molecule has 4 rings (SSSR count). The number of hydrogen-bond donors (Lipinski definition) is 1. The minimum absolute atomic E-state index is 0.115. The summed E-state index contributed by atoms with van der Waals surface area (Å²) < 4.78 is 5.25. The van der Waals surface area contributed by atoms with E-state index < -0.39 is 0 Å². The molecule has 3 aromatic carbocycles. The Balaban J connectivity index is 1.76. The van der Waals surface area contributed by atoms with Gasteiger partial charge in [-0.25, -0.2) is 9.97 Å². The van der Waals surface area contributed by atoms with Crippen LogP contribution in [0.3, 0.4) is 0 Å². The molecule has 0 unspecified atom stereocenters. The second kappa shape index (κ2) is 7.55. The van der Waals surface area contributed by atoms with Crippen molar-refractivity contribution in [1.82, 2.24) is 9.97 Å². The van der Waals surface area contributed by atoms with Crippen LogP contribution in [0.4, 0.5) is 11.5 Å². The molecule has 0 spiro atoms. The van der Waals surface area contributed by atoms with Crippen molar-refractivity contribution >= 4 is 22.4 Å². The molecule has 0 aliphatic carbocycles. The summed E-state index contributed by atoms with van der Waals surface area (Å²) in [4.78, 5) is 9.64. The molecule has 4 heteroatoms. The van der Waals surface area contributed by atoms with Crippen molar-refractivity contribution in [2.45, 2.75) is 26.2 Å². The van der Waals surface area contributed by atoms with E-state index in [9.17, 15) is 0 Å². The summed E-state index contributed by atoms with van der Waals surface area (Å²) in [5.74, 6) is 2.32. The Morgan fingerprint density at radius 2 is 1.48 bits per heavy atom. The third kappa shape index (κ3) is 4.06. The van der Waals surface area contributed by atoms with Crippen LogP contribution in [0.2, 0.25) is 0 Å². The molecular weight excluding hydrogens is 358 g/mol. The van der Waals surface area contributed by atoms with Gasteiger partial charge in [0.05, 0.1) is 12.6 Å². The molecular formula is C25H25N3O. The first-order chi connectivity index (χ1) is 13.9.